The monoisotopic (exact) mass is 154 g/mol. The maximum atomic E-state index is 9.95. The van der Waals surface area contributed by atoms with Gasteiger partial charge < -0.3 is 5.11 Å². The van der Waals surface area contributed by atoms with E-state index in [-0.39, 0.29) is 6.10 Å². The second-order valence-corrected chi connectivity index (χ2v) is 4.53. The van der Waals surface area contributed by atoms with Gasteiger partial charge in [-0.15, -0.1) is 0 Å². The van der Waals surface area contributed by atoms with Gasteiger partial charge in [-0.25, -0.2) is 0 Å². The maximum Gasteiger partial charge on any atom is 0.0621 e. The quantitative estimate of drug-likeness (QED) is 0.568. The van der Waals surface area contributed by atoms with E-state index in [9.17, 15) is 5.11 Å². The highest BCUT2D eigenvalue weighted by Gasteiger charge is 2.46. The average Bonchev–Trinajstić information content (AvgIpc) is 2.56. The van der Waals surface area contributed by atoms with Crippen molar-refractivity contribution in [2.75, 3.05) is 0 Å². The minimum Gasteiger partial charge on any atom is -0.392 e. The zero-order chi connectivity index (χ0) is 7.90. The Morgan fingerprint density at radius 2 is 1.82 bits per heavy atom. The summed E-state index contributed by atoms with van der Waals surface area (Å²) in [6.07, 6.45) is 7.84. The van der Waals surface area contributed by atoms with Crippen LogP contribution in [0.15, 0.2) is 0 Å². The van der Waals surface area contributed by atoms with Gasteiger partial charge in [0.1, 0.15) is 0 Å². The fraction of sp³-hybridized carbons (Fsp3) is 1.00. The topological polar surface area (TPSA) is 20.2 Å². The zero-order valence-electron chi connectivity index (χ0n) is 7.34. The van der Waals surface area contributed by atoms with Crippen LogP contribution in [0.25, 0.3) is 0 Å². The van der Waals surface area contributed by atoms with Crippen LogP contribution in [-0.2, 0) is 0 Å². The van der Waals surface area contributed by atoms with Gasteiger partial charge in [-0.2, -0.15) is 0 Å². The van der Waals surface area contributed by atoms with Gasteiger partial charge in [-0.1, -0.05) is 19.8 Å². The molecule has 2 aliphatic carbocycles. The largest absolute Gasteiger partial charge is 0.392 e. The van der Waals surface area contributed by atoms with Crippen LogP contribution in [-0.4, -0.2) is 11.2 Å². The van der Waals surface area contributed by atoms with Gasteiger partial charge in [0.2, 0.25) is 0 Å². The van der Waals surface area contributed by atoms with Crippen LogP contribution in [0.1, 0.15) is 45.4 Å². The summed E-state index contributed by atoms with van der Waals surface area (Å²) in [5.74, 6) is 0.563. The molecule has 1 spiro atoms. The molecule has 1 heteroatoms. The first-order chi connectivity index (χ1) is 5.25. The molecule has 0 saturated heterocycles. The van der Waals surface area contributed by atoms with Crippen molar-refractivity contribution in [2.45, 2.75) is 51.6 Å². The molecule has 2 fully saturated rings. The molecule has 0 aromatic carbocycles. The number of aliphatic hydroxyl groups is 1. The molecule has 1 N–H and O–H groups in total. The third kappa shape index (κ3) is 1.01. The number of rotatable bonds is 0. The lowest BCUT2D eigenvalue weighted by atomic mass is 9.81. The molecule has 1 nitrogen and oxygen atoms in total. The molecular formula is C10H18O. The highest BCUT2D eigenvalue weighted by Crippen LogP contribution is 2.52. The second kappa shape index (κ2) is 2.48. The summed E-state index contributed by atoms with van der Waals surface area (Å²) in [5.41, 5.74) is 0.374. The normalized spacial score (nSPS) is 42.0. The molecule has 0 aliphatic heterocycles. The van der Waals surface area contributed by atoms with Crippen molar-refractivity contribution >= 4 is 0 Å². The average molecular weight is 154 g/mol. The van der Waals surface area contributed by atoms with E-state index >= 15 is 0 Å². The van der Waals surface area contributed by atoms with Gasteiger partial charge in [-0.05, 0) is 37.0 Å². The predicted molar refractivity (Wildman–Crippen MR) is 45.3 cm³/mol. The SMILES string of the molecule is C[C@@H]1CCC2(CCCC2)[C@H]1O. The first-order valence-electron chi connectivity index (χ1n) is 4.93. The molecule has 11 heavy (non-hydrogen) atoms. The van der Waals surface area contributed by atoms with Crippen LogP contribution in [0.3, 0.4) is 0 Å². The Kier molecular flexibility index (Phi) is 1.71. The first-order valence-corrected chi connectivity index (χ1v) is 4.93. The van der Waals surface area contributed by atoms with Crippen molar-refractivity contribution in [1.29, 1.82) is 0 Å². The van der Waals surface area contributed by atoms with Gasteiger partial charge >= 0.3 is 0 Å². The van der Waals surface area contributed by atoms with Crippen molar-refractivity contribution in [3.63, 3.8) is 0 Å². The number of hydrogen-bond acceptors (Lipinski definition) is 1. The van der Waals surface area contributed by atoms with E-state index in [0.717, 1.165) is 0 Å². The van der Waals surface area contributed by atoms with E-state index in [2.05, 4.69) is 6.92 Å². The molecule has 2 aliphatic rings. The number of hydrogen-bond donors (Lipinski definition) is 1. The molecule has 0 aromatic heterocycles. The van der Waals surface area contributed by atoms with E-state index in [1.54, 1.807) is 0 Å². The standard InChI is InChI=1S/C10H18O/c1-8-4-7-10(9(8)11)5-2-3-6-10/h8-9,11H,2-7H2,1H3/t8-,9+/m1/s1. The summed E-state index contributed by atoms with van der Waals surface area (Å²) in [7, 11) is 0. The summed E-state index contributed by atoms with van der Waals surface area (Å²) in [4.78, 5) is 0. The molecule has 0 aromatic rings. The molecule has 0 radical (unpaired) electrons. The van der Waals surface area contributed by atoms with Crippen molar-refractivity contribution in [2.24, 2.45) is 11.3 Å². The second-order valence-electron chi connectivity index (χ2n) is 4.53. The smallest absolute Gasteiger partial charge is 0.0621 e. The minimum absolute atomic E-state index is 0.0185. The molecule has 2 atom stereocenters. The first kappa shape index (κ1) is 7.60. The Labute approximate surface area is 68.8 Å². The van der Waals surface area contributed by atoms with E-state index in [4.69, 9.17) is 0 Å². The van der Waals surface area contributed by atoms with Crippen molar-refractivity contribution < 1.29 is 5.11 Å². The van der Waals surface area contributed by atoms with Gasteiger partial charge in [-0.3, -0.25) is 0 Å². The fourth-order valence-corrected chi connectivity index (χ4v) is 3.05. The highest BCUT2D eigenvalue weighted by atomic mass is 16.3. The Morgan fingerprint density at radius 3 is 2.27 bits per heavy atom. The molecule has 64 valence electrons. The van der Waals surface area contributed by atoms with Crippen LogP contribution in [0.5, 0.6) is 0 Å². The predicted octanol–water partition coefficient (Wildman–Crippen LogP) is 2.34. The van der Waals surface area contributed by atoms with Gasteiger partial charge in [0, 0.05) is 0 Å². The summed E-state index contributed by atoms with van der Waals surface area (Å²) in [6.45, 7) is 2.19. The molecular weight excluding hydrogens is 136 g/mol. The van der Waals surface area contributed by atoms with Crippen LogP contribution >= 0.6 is 0 Å². The molecule has 0 amide bonds. The summed E-state index contributed by atoms with van der Waals surface area (Å²) in [5, 5.41) is 9.95. The van der Waals surface area contributed by atoms with E-state index in [1.165, 1.54) is 38.5 Å². The van der Waals surface area contributed by atoms with Crippen LogP contribution in [0.4, 0.5) is 0 Å². The Morgan fingerprint density at radius 1 is 1.18 bits per heavy atom. The molecule has 2 saturated carbocycles. The maximum absolute atomic E-state index is 9.95. The highest BCUT2D eigenvalue weighted by molar-refractivity contribution is 4.97. The Hall–Kier alpha value is -0.0400. The third-order valence-corrected chi connectivity index (χ3v) is 3.86. The van der Waals surface area contributed by atoms with Crippen LogP contribution in [0, 0.1) is 11.3 Å². The van der Waals surface area contributed by atoms with Crippen molar-refractivity contribution in [3.05, 3.63) is 0 Å². The summed E-state index contributed by atoms with van der Waals surface area (Å²) >= 11 is 0. The van der Waals surface area contributed by atoms with Crippen LogP contribution < -0.4 is 0 Å². The van der Waals surface area contributed by atoms with Crippen molar-refractivity contribution in [3.8, 4) is 0 Å². The minimum atomic E-state index is 0.0185. The summed E-state index contributed by atoms with van der Waals surface area (Å²) in [6, 6.07) is 0. The van der Waals surface area contributed by atoms with Crippen molar-refractivity contribution in [1.82, 2.24) is 0 Å². The van der Waals surface area contributed by atoms with Gasteiger partial charge in [0.25, 0.3) is 0 Å². The lowest BCUT2D eigenvalue weighted by Gasteiger charge is -2.28. The lowest BCUT2D eigenvalue weighted by molar-refractivity contribution is 0.0325. The van der Waals surface area contributed by atoms with Gasteiger partial charge in [0.15, 0.2) is 0 Å². The van der Waals surface area contributed by atoms with Crippen LogP contribution in [0.2, 0.25) is 0 Å². The fourth-order valence-electron chi connectivity index (χ4n) is 3.05. The Balaban J connectivity index is 2.13. The van der Waals surface area contributed by atoms with E-state index in [1.807, 2.05) is 0 Å². The number of aliphatic hydroxyl groups excluding tert-OH is 1. The third-order valence-electron chi connectivity index (χ3n) is 3.86. The van der Waals surface area contributed by atoms with E-state index in [0.29, 0.717) is 11.3 Å². The lowest BCUT2D eigenvalue weighted by Crippen LogP contribution is -2.29. The molecule has 2 rings (SSSR count). The Bertz CT molecular complexity index is 147. The molecule has 0 bridgehead atoms. The zero-order valence-corrected chi connectivity index (χ0v) is 7.34. The molecule has 0 unspecified atom stereocenters. The molecule has 0 heterocycles. The van der Waals surface area contributed by atoms with E-state index < -0.39 is 0 Å². The summed E-state index contributed by atoms with van der Waals surface area (Å²) < 4.78 is 0. The van der Waals surface area contributed by atoms with Gasteiger partial charge in [0.05, 0.1) is 6.10 Å².